The van der Waals surface area contributed by atoms with Crippen LogP contribution in [0.4, 0.5) is 0 Å². The second-order valence-corrected chi connectivity index (χ2v) is 11.3. The molecule has 1 amide bonds. The lowest BCUT2D eigenvalue weighted by atomic mass is 10.1. The van der Waals surface area contributed by atoms with Crippen molar-refractivity contribution in [2.24, 2.45) is 4.99 Å². The molecule has 0 atom stereocenters. The van der Waals surface area contributed by atoms with Crippen LogP contribution in [0.5, 0.6) is 11.5 Å². The van der Waals surface area contributed by atoms with E-state index in [1.54, 1.807) is 40.2 Å². The zero-order valence-corrected chi connectivity index (χ0v) is 21.7. The Morgan fingerprint density at radius 3 is 2.32 bits per heavy atom. The molecular formula is C24H30N2O6S2. The molecule has 1 aromatic heterocycles. The minimum Gasteiger partial charge on any atom is -0.493 e. The highest BCUT2D eigenvalue weighted by molar-refractivity contribution is 7.92. The Morgan fingerprint density at radius 1 is 1.09 bits per heavy atom. The first-order valence-electron chi connectivity index (χ1n) is 10.9. The Balaban J connectivity index is 1.94. The summed E-state index contributed by atoms with van der Waals surface area (Å²) in [4.78, 5) is 18.0. The van der Waals surface area contributed by atoms with E-state index in [0.717, 1.165) is 10.2 Å². The lowest BCUT2D eigenvalue weighted by molar-refractivity contribution is -0.117. The Labute approximate surface area is 203 Å². The fourth-order valence-corrected chi connectivity index (χ4v) is 5.53. The molecule has 2 aromatic carbocycles. The van der Waals surface area contributed by atoms with E-state index in [-0.39, 0.29) is 17.2 Å². The lowest BCUT2D eigenvalue weighted by Crippen LogP contribution is -2.20. The van der Waals surface area contributed by atoms with Gasteiger partial charge in [-0.15, -0.1) is 0 Å². The van der Waals surface area contributed by atoms with Crippen molar-refractivity contribution < 1.29 is 27.4 Å². The number of ether oxygens (including phenoxy) is 3. The molecule has 0 aliphatic carbocycles. The summed E-state index contributed by atoms with van der Waals surface area (Å²) in [6, 6.07) is 10.1. The maximum atomic E-state index is 12.8. The standard InChI is InChI=1S/C24H30N2O6S2/c1-6-32-12-11-26-19-14-20(30-4)21(31-5)15-22(19)33-24(26)25-23(27)13-17-7-9-18(10-8-17)34(28,29)16(2)3/h7-10,14-16H,6,11-13H2,1-5H3. The highest BCUT2D eigenvalue weighted by Crippen LogP contribution is 2.33. The van der Waals surface area contributed by atoms with Crippen molar-refractivity contribution in [2.75, 3.05) is 27.4 Å². The van der Waals surface area contributed by atoms with E-state index in [2.05, 4.69) is 4.99 Å². The zero-order valence-electron chi connectivity index (χ0n) is 20.0. The van der Waals surface area contributed by atoms with Gasteiger partial charge in [-0.2, -0.15) is 4.99 Å². The topological polar surface area (TPSA) is 96.2 Å². The van der Waals surface area contributed by atoms with Crippen LogP contribution >= 0.6 is 11.3 Å². The molecule has 0 N–H and O–H groups in total. The SMILES string of the molecule is CCOCCn1c(=NC(=O)Cc2ccc(S(=O)(=O)C(C)C)cc2)sc2cc(OC)c(OC)cc21. The highest BCUT2D eigenvalue weighted by atomic mass is 32.2. The van der Waals surface area contributed by atoms with E-state index in [1.807, 2.05) is 23.6 Å². The fourth-order valence-electron chi connectivity index (χ4n) is 3.39. The van der Waals surface area contributed by atoms with Crippen LogP contribution < -0.4 is 14.3 Å². The molecule has 10 heteroatoms. The van der Waals surface area contributed by atoms with Gasteiger partial charge in [-0.25, -0.2) is 8.42 Å². The van der Waals surface area contributed by atoms with E-state index in [1.165, 1.54) is 23.5 Å². The summed E-state index contributed by atoms with van der Waals surface area (Å²) < 4.78 is 43.8. The molecular weight excluding hydrogens is 476 g/mol. The summed E-state index contributed by atoms with van der Waals surface area (Å²) in [5.41, 5.74) is 1.57. The van der Waals surface area contributed by atoms with Crippen molar-refractivity contribution in [2.45, 2.75) is 43.9 Å². The predicted molar refractivity (Wildman–Crippen MR) is 132 cm³/mol. The highest BCUT2D eigenvalue weighted by Gasteiger charge is 2.19. The molecule has 3 aromatic rings. The number of hydrogen-bond acceptors (Lipinski definition) is 7. The second-order valence-electron chi connectivity index (χ2n) is 7.83. The number of amides is 1. The van der Waals surface area contributed by atoms with Crippen molar-refractivity contribution in [3.63, 3.8) is 0 Å². The third-order valence-electron chi connectivity index (χ3n) is 5.30. The van der Waals surface area contributed by atoms with Crippen LogP contribution in [-0.4, -0.2) is 51.6 Å². The molecule has 1 heterocycles. The first-order chi connectivity index (χ1) is 16.2. The van der Waals surface area contributed by atoms with Crippen molar-refractivity contribution in [1.82, 2.24) is 4.57 Å². The van der Waals surface area contributed by atoms with Crippen molar-refractivity contribution >= 4 is 37.3 Å². The molecule has 8 nitrogen and oxygen atoms in total. The number of nitrogens with zero attached hydrogens (tertiary/aromatic N) is 2. The van der Waals surface area contributed by atoms with Crippen LogP contribution in [0.25, 0.3) is 10.2 Å². The molecule has 0 radical (unpaired) electrons. The molecule has 0 aliphatic rings. The third kappa shape index (κ3) is 5.68. The van der Waals surface area contributed by atoms with Crippen LogP contribution in [0, 0.1) is 0 Å². The quantitative estimate of drug-likeness (QED) is 0.390. The molecule has 0 bridgehead atoms. The first kappa shape index (κ1) is 25.9. The number of carbonyl (C=O) groups excluding carboxylic acids is 1. The second kappa shape index (κ2) is 11.2. The van der Waals surface area contributed by atoms with Gasteiger partial charge in [0.2, 0.25) is 0 Å². The molecule has 0 aliphatic heterocycles. The minimum atomic E-state index is -3.36. The summed E-state index contributed by atoms with van der Waals surface area (Å²) in [5.74, 6) is 0.866. The minimum absolute atomic E-state index is 0.0638. The van der Waals surface area contributed by atoms with E-state index >= 15 is 0 Å². The zero-order chi connectivity index (χ0) is 24.9. The molecule has 0 saturated heterocycles. The van der Waals surface area contributed by atoms with Gasteiger partial charge in [0, 0.05) is 25.3 Å². The fraction of sp³-hybridized carbons (Fsp3) is 0.417. The van der Waals surface area contributed by atoms with Gasteiger partial charge in [0.25, 0.3) is 5.91 Å². The Hall–Kier alpha value is -2.69. The van der Waals surface area contributed by atoms with E-state index in [9.17, 15) is 13.2 Å². The molecule has 0 saturated carbocycles. The van der Waals surface area contributed by atoms with Crippen molar-refractivity contribution in [3.05, 3.63) is 46.8 Å². The van der Waals surface area contributed by atoms with Gasteiger partial charge in [0.15, 0.2) is 26.1 Å². The number of methoxy groups -OCH3 is 2. The third-order valence-corrected chi connectivity index (χ3v) is 8.51. The van der Waals surface area contributed by atoms with Gasteiger partial charge in [0.05, 0.1) is 47.6 Å². The Bertz CT molecular complexity index is 1320. The average Bonchev–Trinajstić information content (AvgIpc) is 3.14. The number of sulfone groups is 1. The molecule has 34 heavy (non-hydrogen) atoms. The lowest BCUT2D eigenvalue weighted by Gasteiger charge is -2.09. The van der Waals surface area contributed by atoms with Crippen molar-refractivity contribution in [3.8, 4) is 11.5 Å². The van der Waals surface area contributed by atoms with E-state index in [4.69, 9.17) is 14.2 Å². The maximum absolute atomic E-state index is 12.8. The van der Waals surface area contributed by atoms with E-state index in [0.29, 0.717) is 41.6 Å². The average molecular weight is 507 g/mol. The Kier molecular flexibility index (Phi) is 8.51. The number of rotatable bonds is 10. The summed E-state index contributed by atoms with van der Waals surface area (Å²) in [6.45, 7) is 6.80. The molecule has 0 spiro atoms. The number of thiazole rings is 1. The normalized spacial score (nSPS) is 12.5. The summed E-state index contributed by atoms with van der Waals surface area (Å²) >= 11 is 1.38. The van der Waals surface area contributed by atoms with Crippen LogP contribution in [0.3, 0.4) is 0 Å². The number of hydrogen-bond donors (Lipinski definition) is 0. The largest absolute Gasteiger partial charge is 0.493 e. The predicted octanol–water partition coefficient (Wildman–Crippen LogP) is 3.61. The van der Waals surface area contributed by atoms with Crippen LogP contribution in [0.2, 0.25) is 0 Å². The van der Waals surface area contributed by atoms with Gasteiger partial charge >= 0.3 is 0 Å². The van der Waals surface area contributed by atoms with Gasteiger partial charge in [0.1, 0.15) is 0 Å². The molecule has 184 valence electrons. The molecule has 0 unspecified atom stereocenters. The number of benzene rings is 2. The first-order valence-corrected chi connectivity index (χ1v) is 13.3. The molecule has 0 fully saturated rings. The monoisotopic (exact) mass is 506 g/mol. The van der Waals surface area contributed by atoms with Gasteiger partial charge in [-0.1, -0.05) is 23.5 Å². The number of aromatic nitrogens is 1. The maximum Gasteiger partial charge on any atom is 0.252 e. The smallest absolute Gasteiger partial charge is 0.252 e. The Morgan fingerprint density at radius 2 is 1.74 bits per heavy atom. The van der Waals surface area contributed by atoms with Gasteiger partial charge in [-0.05, 0) is 38.5 Å². The molecule has 3 rings (SSSR count). The van der Waals surface area contributed by atoms with Gasteiger partial charge < -0.3 is 18.8 Å². The van der Waals surface area contributed by atoms with E-state index < -0.39 is 15.1 Å². The number of carbonyl (C=O) groups is 1. The summed E-state index contributed by atoms with van der Waals surface area (Å²) in [6.07, 6.45) is 0.0638. The van der Waals surface area contributed by atoms with Gasteiger partial charge in [-0.3, -0.25) is 4.79 Å². The number of fused-ring (bicyclic) bond motifs is 1. The summed E-state index contributed by atoms with van der Waals surface area (Å²) in [5, 5.41) is -0.507. The summed E-state index contributed by atoms with van der Waals surface area (Å²) in [7, 11) is -0.203. The van der Waals surface area contributed by atoms with Crippen LogP contribution in [0.15, 0.2) is 46.3 Å². The van der Waals surface area contributed by atoms with Crippen LogP contribution in [0.1, 0.15) is 26.3 Å². The van der Waals surface area contributed by atoms with Crippen LogP contribution in [-0.2, 0) is 32.3 Å². The van der Waals surface area contributed by atoms with Crippen molar-refractivity contribution in [1.29, 1.82) is 0 Å².